The van der Waals surface area contributed by atoms with E-state index in [2.05, 4.69) is 41.6 Å². The molecule has 0 fully saturated rings. The first-order valence-corrected chi connectivity index (χ1v) is 13.6. The topological polar surface area (TPSA) is 52.3 Å². The van der Waals surface area contributed by atoms with Crippen molar-refractivity contribution in [1.82, 2.24) is 19.6 Å². The second kappa shape index (κ2) is 9.54. The molecule has 29 heavy (non-hydrogen) atoms. The SMILES string of the molecule is CCCCCCCSc1nnc2c3c4c(sc3nc(SC)n12)COC(C(C)C)C4. The van der Waals surface area contributed by atoms with Crippen molar-refractivity contribution < 1.29 is 4.74 Å². The third-order valence-corrected chi connectivity index (χ3v) is 8.31. The first-order valence-electron chi connectivity index (χ1n) is 10.6. The molecular formula is C21H30N4OS3. The number of thioether (sulfide) groups is 2. The van der Waals surface area contributed by atoms with Crippen LogP contribution in [0.25, 0.3) is 15.9 Å². The molecular weight excluding hydrogens is 420 g/mol. The lowest BCUT2D eigenvalue weighted by molar-refractivity contribution is 0.00203. The minimum absolute atomic E-state index is 0.264. The summed E-state index contributed by atoms with van der Waals surface area (Å²) in [5, 5.41) is 12.4. The van der Waals surface area contributed by atoms with Crippen molar-refractivity contribution >= 4 is 50.7 Å². The van der Waals surface area contributed by atoms with Gasteiger partial charge in [0.25, 0.3) is 0 Å². The van der Waals surface area contributed by atoms with Crippen molar-refractivity contribution in [2.45, 2.75) is 82.3 Å². The average Bonchev–Trinajstić information content (AvgIpc) is 3.30. The van der Waals surface area contributed by atoms with Gasteiger partial charge in [0.2, 0.25) is 0 Å². The van der Waals surface area contributed by atoms with E-state index in [0.717, 1.165) is 33.0 Å². The second-order valence-corrected chi connectivity index (χ2v) is 10.9. The van der Waals surface area contributed by atoms with Crippen LogP contribution in [0.2, 0.25) is 0 Å². The Balaban J connectivity index is 1.66. The zero-order valence-electron chi connectivity index (χ0n) is 17.7. The number of ether oxygens (including phenoxy) is 1. The van der Waals surface area contributed by atoms with E-state index in [-0.39, 0.29) is 6.10 Å². The molecule has 0 radical (unpaired) electrons. The molecule has 158 valence electrons. The van der Waals surface area contributed by atoms with Crippen molar-refractivity contribution in [3.8, 4) is 0 Å². The van der Waals surface area contributed by atoms with E-state index in [4.69, 9.17) is 9.72 Å². The van der Waals surface area contributed by atoms with Gasteiger partial charge in [0, 0.05) is 17.1 Å². The molecule has 0 bridgehead atoms. The molecule has 3 aromatic rings. The maximum absolute atomic E-state index is 6.09. The number of aromatic nitrogens is 4. The zero-order valence-corrected chi connectivity index (χ0v) is 20.2. The van der Waals surface area contributed by atoms with Crippen molar-refractivity contribution in [2.24, 2.45) is 5.92 Å². The number of rotatable bonds is 9. The maximum atomic E-state index is 6.09. The molecule has 0 N–H and O–H groups in total. The van der Waals surface area contributed by atoms with E-state index >= 15 is 0 Å². The zero-order chi connectivity index (χ0) is 20.4. The molecule has 0 spiro atoms. The Morgan fingerprint density at radius 3 is 2.76 bits per heavy atom. The van der Waals surface area contributed by atoms with Crippen LogP contribution >= 0.6 is 34.9 Å². The van der Waals surface area contributed by atoms with Crippen LogP contribution in [-0.2, 0) is 17.8 Å². The van der Waals surface area contributed by atoms with Crippen molar-refractivity contribution in [1.29, 1.82) is 0 Å². The van der Waals surface area contributed by atoms with Gasteiger partial charge in [-0.3, -0.25) is 0 Å². The number of nitrogens with zero attached hydrogens (tertiary/aromatic N) is 4. The highest BCUT2D eigenvalue weighted by Gasteiger charge is 2.28. The van der Waals surface area contributed by atoms with E-state index in [9.17, 15) is 0 Å². The lowest BCUT2D eigenvalue weighted by Crippen LogP contribution is -2.26. The standard InChI is InChI=1S/C21H30N4OS3/c1-5-6-7-8-9-10-28-21-24-23-18-17-14-11-15(13(2)3)26-12-16(14)29-19(17)22-20(27-4)25(18)21/h13,15H,5-12H2,1-4H3. The molecule has 4 rings (SSSR count). The summed E-state index contributed by atoms with van der Waals surface area (Å²) >= 11 is 5.24. The summed E-state index contributed by atoms with van der Waals surface area (Å²) in [6.07, 6.45) is 9.76. The smallest absolute Gasteiger partial charge is 0.197 e. The van der Waals surface area contributed by atoms with Crippen LogP contribution < -0.4 is 0 Å². The monoisotopic (exact) mass is 450 g/mol. The number of fused-ring (bicyclic) bond motifs is 5. The van der Waals surface area contributed by atoms with Crippen LogP contribution in [-0.4, -0.2) is 37.7 Å². The normalized spacial score (nSPS) is 16.9. The summed E-state index contributed by atoms with van der Waals surface area (Å²) in [5.41, 5.74) is 2.35. The molecule has 4 heterocycles. The van der Waals surface area contributed by atoms with Gasteiger partial charge in [0.05, 0.1) is 18.1 Å². The quantitative estimate of drug-likeness (QED) is 0.219. The third kappa shape index (κ3) is 4.31. The van der Waals surface area contributed by atoms with Crippen LogP contribution in [0, 0.1) is 5.92 Å². The van der Waals surface area contributed by atoms with E-state index < -0.39 is 0 Å². The number of unbranched alkanes of at least 4 members (excludes halogenated alkanes) is 4. The highest BCUT2D eigenvalue weighted by atomic mass is 32.2. The molecule has 1 atom stereocenters. The van der Waals surface area contributed by atoms with Gasteiger partial charge in [0.15, 0.2) is 16.0 Å². The molecule has 0 aliphatic carbocycles. The van der Waals surface area contributed by atoms with Crippen LogP contribution in [0.3, 0.4) is 0 Å². The van der Waals surface area contributed by atoms with Crippen molar-refractivity contribution in [3.05, 3.63) is 10.4 Å². The molecule has 1 aliphatic rings. The minimum atomic E-state index is 0.264. The van der Waals surface area contributed by atoms with E-state index in [1.54, 1.807) is 23.1 Å². The first kappa shape index (κ1) is 21.4. The number of hydrogen-bond donors (Lipinski definition) is 0. The van der Waals surface area contributed by atoms with E-state index in [1.807, 2.05) is 11.8 Å². The predicted octanol–water partition coefficient (Wildman–Crippen LogP) is 6.22. The highest BCUT2D eigenvalue weighted by molar-refractivity contribution is 7.99. The van der Waals surface area contributed by atoms with Crippen LogP contribution in [0.1, 0.15) is 63.3 Å². The minimum Gasteiger partial charge on any atom is -0.372 e. The fraction of sp³-hybridized carbons (Fsp3) is 0.667. The summed E-state index contributed by atoms with van der Waals surface area (Å²) in [6, 6.07) is 0. The molecule has 0 aromatic carbocycles. The molecule has 1 unspecified atom stereocenters. The Kier molecular flexibility index (Phi) is 7.04. The van der Waals surface area contributed by atoms with Gasteiger partial charge in [-0.1, -0.05) is 70.0 Å². The lowest BCUT2D eigenvalue weighted by atomic mass is 9.96. The van der Waals surface area contributed by atoms with Gasteiger partial charge in [-0.15, -0.1) is 21.5 Å². The van der Waals surface area contributed by atoms with Crippen molar-refractivity contribution in [3.63, 3.8) is 0 Å². The average molecular weight is 451 g/mol. The summed E-state index contributed by atoms with van der Waals surface area (Å²) < 4.78 is 8.27. The number of thiophene rings is 1. The first-order chi connectivity index (χ1) is 14.1. The number of hydrogen-bond acceptors (Lipinski definition) is 7. The third-order valence-electron chi connectivity index (χ3n) is 5.56. The maximum Gasteiger partial charge on any atom is 0.197 e. The molecule has 5 nitrogen and oxygen atoms in total. The second-order valence-electron chi connectivity index (χ2n) is 7.98. The van der Waals surface area contributed by atoms with Crippen LogP contribution in [0.15, 0.2) is 10.3 Å². The Hall–Kier alpha value is -0.830. The molecule has 0 saturated carbocycles. The van der Waals surface area contributed by atoms with Gasteiger partial charge in [-0.2, -0.15) is 0 Å². The van der Waals surface area contributed by atoms with Gasteiger partial charge in [-0.05, 0) is 24.2 Å². The Morgan fingerprint density at radius 1 is 1.17 bits per heavy atom. The Labute approximate surface area is 185 Å². The van der Waals surface area contributed by atoms with Gasteiger partial charge >= 0.3 is 0 Å². The Morgan fingerprint density at radius 2 is 2.00 bits per heavy atom. The van der Waals surface area contributed by atoms with E-state index in [1.165, 1.54) is 47.9 Å². The molecule has 3 aromatic heterocycles. The van der Waals surface area contributed by atoms with Crippen LogP contribution in [0.5, 0.6) is 0 Å². The van der Waals surface area contributed by atoms with E-state index in [0.29, 0.717) is 12.5 Å². The van der Waals surface area contributed by atoms with Crippen LogP contribution in [0.4, 0.5) is 0 Å². The summed E-state index contributed by atoms with van der Waals surface area (Å²) in [4.78, 5) is 7.37. The molecule has 0 saturated heterocycles. The summed E-state index contributed by atoms with van der Waals surface area (Å²) in [6.45, 7) is 7.41. The summed E-state index contributed by atoms with van der Waals surface area (Å²) in [7, 11) is 0. The van der Waals surface area contributed by atoms with Gasteiger partial charge in [0.1, 0.15) is 4.83 Å². The molecule has 0 amide bonds. The fourth-order valence-electron chi connectivity index (χ4n) is 3.85. The predicted molar refractivity (Wildman–Crippen MR) is 125 cm³/mol. The molecule has 8 heteroatoms. The summed E-state index contributed by atoms with van der Waals surface area (Å²) in [5.74, 6) is 1.59. The largest absolute Gasteiger partial charge is 0.372 e. The van der Waals surface area contributed by atoms with Gasteiger partial charge in [-0.25, -0.2) is 9.38 Å². The van der Waals surface area contributed by atoms with Gasteiger partial charge < -0.3 is 4.74 Å². The van der Waals surface area contributed by atoms with Crippen molar-refractivity contribution in [2.75, 3.05) is 12.0 Å². The highest BCUT2D eigenvalue weighted by Crippen LogP contribution is 2.40. The Bertz CT molecular complexity index is 982. The fourth-order valence-corrected chi connectivity index (χ4v) is 6.55. The molecule has 1 aliphatic heterocycles. The lowest BCUT2D eigenvalue weighted by Gasteiger charge is -2.26.